The first-order chi connectivity index (χ1) is 10.6. The number of rotatable bonds is 5. The highest BCUT2D eigenvalue weighted by Gasteiger charge is 2.21. The minimum atomic E-state index is -3.74. The van der Waals surface area contributed by atoms with E-state index < -0.39 is 10.1 Å². The molecule has 0 atom stereocenters. The summed E-state index contributed by atoms with van der Waals surface area (Å²) < 4.78 is 29.1. The third-order valence-electron chi connectivity index (χ3n) is 3.53. The summed E-state index contributed by atoms with van der Waals surface area (Å²) in [7, 11) is -3.74. The fraction of sp³-hybridized carbons (Fsp3) is 0.188. The van der Waals surface area contributed by atoms with Gasteiger partial charge in [-0.05, 0) is 35.7 Å². The summed E-state index contributed by atoms with van der Waals surface area (Å²) in [5.74, 6) is -0.0414. The van der Waals surface area contributed by atoms with Crippen molar-refractivity contribution in [2.45, 2.75) is 17.7 Å². The predicted molar refractivity (Wildman–Crippen MR) is 82.1 cm³/mol. The molecule has 1 amide bonds. The molecule has 0 radical (unpaired) electrons. The van der Waals surface area contributed by atoms with Crippen molar-refractivity contribution in [1.29, 1.82) is 0 Å². The molecule has 22 heavy (non-hydrogen) atoms. The predicted octanol–water partition coefficient (Wildman–Crippen LogP) is 2.13. The van der Waals surface area contributed by atoms with E-state index in [2.05, 4.69) is 5.32 Å². The lowest BCUT2D eigenvalue weighted by Gasteiger charge is -2.08. The molecule has 0 saturated heterocycles. The van der Waals surface area contributed by atoms with Gasteiger partial charge in [0.2, 0.25) is 5.91 Å². The second-order valence-corrected chi connectivity index (χ2v) is 6.62. The Morgan fingerprint density at radius 2 is 1.82 bits per heavy atom. The average molecular weight is 317 g/mol. The molecule has 0 aliphatic carbocycles. The van der Waals surface area contributed by atoms with Gasteiger partial charge in [0.1, 0.15) is 0 Å². The van der Waals surface area contributed by atoms with Gasteiger partial charge >= 0.3 is 0 Å². The molecule has 2 aromatic carbocycles. The lowest BCUT2D eigenvalue weighted by molar-refractivity contribution is -0.115. The van der Waals surface area contributed by atoms with Gasteiger partial charge < -0.3 is 5.32 Å². The summed E-state index contributed by atoms with van der Waals surface area (Å²) in [6.07, 6.45) is 0.765. The first-order valence-electron chi connectivity index (χ1n) is 6.91. The van der Waals surface area contributed by atoms with Crippen LogP contribution in [0.2, 0.25) is 0 Å². The highest BCUT2D eigenvalue weighted by Crippen LogP contribution is 2.26. The molecular weight excluding hydrogens is 302 g/mol. The van der Waals surface area contributed by atoms with Crippen molar-refractivity contribution in [2.24, 2.45) is 0 Å². The lowest BCUT2D eigenvalue weighted by Crippen LogP contribution is -2.09. The molecule has 1 aliphatic heterocycles. The number of amides is 1. The van der Waals surface area contributed by atoms with Crippen LogP contribution in [0.1, 0.15) is 11.1 Å². The van der Waals surface area contributed by atoms with E-state index in [9.17, 15) is 13.2 Å². The van der Waals surface area contributed by atoms with E-state index in [0.29, 0.717) is 12.8 Å². The molecule has 1 N–H and O–H groups in total. The lowest BCUT2D eigenvalue weighted by atomic mass is 10.0. The largest absolute Gasteiger partial charge is 0.326 e. The minimum Gasteiger partial charge on any atom is -0.326 e. The van der Waals surface area contributed by atoms with Crippen LogP contribution in [-0.2, 0) is 31.9 Å². The zero-order valence-electron chi connectivity index (χ0n) is 11.8. The van der Waals surface area contributed by atoms with E-state index in [-0.39, 0.29) is 17.4 Å². The van der Waals surface area contributed by atoms with Crippen molar-refractivity contribution in [1.82, 2.24) is 0 Å². The van der Waals surface area contributed by atoms with Crippen molar-refractivity contribution in [3.05, 3.63) is 59.7 Å². The molecule has 1 aliphatic rings. The van der Waals surface area contributed by atoms with Gasteiger partial charge in [-0.15, -0.1) is 0 Å². The quantitative estimate of drug-likeness (QED) is 0.858. The van der Waals surface area contributed by atoms with Crippen molar-refractivity contribution >= 4 is 21.7 Å². The summed E-state index contributed by atoms with van der Waals surface area (Å²) in [6, 6.07) is 13.6. The first-order valence-corrected chi connectivity index (χ1v) is 8.32. The topological polar surface area (TPSA) is 72.5 Å². The standard InChI is InChI=1S/C16H15NO4S/c18-16-11-14-12(5-4-8-15(14)17-16)9-10-21-22(19,20)13-6-2-1-3-7-13/h1-8H,9-11H2,(H,17,18). The summed E-state index contributed by atoms with van der Waals surface area (Å²) >= 11 is 0. The van der Waals surface area contributed by atoms with E-state index in [1.807, 2.05) is 18.2 Å². The zero-order chi connectivity index (χ0) is 15.6. The number of fused-ring (bicyclic) bond motifs is 1. The number of carbonyl (C=O) groups is 1. The van der Waals surface area contributed by atoms with E-state index in [1.165, 1.54) is 12.1 Å². The third-order valence-corrected chi connectivity index (χ3v) is 4.85. The van der Waals surface area contributed by atoms with Crippen LogP contribution >= 0.6 is 0 Å². The normalized spacial score (nSPS) is 13.7. The molecule has 0 bridgehead atoms. The van der Waals surface area contributed by atoms with Crippen LogP contribution in [0.25, 0.3) is 0 Å². The number of anilines is 1. The van der Waals surface area contributed by atoms with E-state index in [0.717, 1.165) is 16.8 Å². The molecule has 0 unspecified atom stereocenters. The van der Waals surface area contributed by atoms with Crippen LogP contribution < -0.4 is 5.32 Å². The SMILES string of the molecule is O=C1Cc2c(CCOS(=O)(=O)c3ccccc3)cccc2N1. The van der Waals surface area contributed by atoms with Crippen molar-refractivity contribution in [3.8, 4) is 0 Å². The molecule has 0 fully saturated rings. The second-order valence-electron chi connectivity index (χ2n) is 5.01. The van der Waals surface area contributed by atoms with Gasteiger partial charge in [-0.1, -0.05) is 30.3 Å². The van der Waals surface area contributed by atoms with Crippen LogP contribution in [0.5, 0.6) is 0 Å². The fourth-order valence-electron chi connectivity index (χ4n) is 2.47. The summed E-state index contributed by atoms with van der Waals surface area (Å²) in [6.45, 7) is 0.0435. The monoisotopic (exact) mass is 317 g/mol. The van der Waals surface area contributed by atoms with Crippen molar-refractivity contribution in [3.63, 3.8) is 0 Å². The van der Waals surface area contributed by atoms with Gasteiger partial charge in [0.25, 0.3) is 10.1 Å². The molecule has 114 valence electrons. The zero-order valence-corrected chi connectivity index (χ0v) is 12.6. The van der Waals surface area contributed by atoms with Crippen molar-refractivity contribution < 1.29 is 17.4 Å². The molecule has 3 rings (SSSR count). The summed E-state index contributed by atoms with van der Waals surface area (Å²) in [5.41, 5.74) is 2.65. The number of benzene rings is 2. The van der Waals surface area contributed by atoms with E-state index in [1.54, 1.807) is 18.2 Å². The maximum absolute atomic E-state index is 12.0. The van der Waals surface area contributed by atoms with Gasteiger partial charge in [-0.2, -0.15) is 8.42 Å². The molecule has 0 spiro atoms. The third kappa shape index (κ3) is 3.03. The van der Waals surface area contributed by atoms with Gasteiger partial charge in [-0.3, -0.25) is 8.98 Å². The Balaban J connectivity index is 1.68. The van der Waals surface area contributed by atoms with Crippen LogP contribution in [0.3, 0.4) is 0 Å². The number of nitrogens with one attached hydrogen (secondary N) is 1. The average Bonchev–Trinajstić information content (AvgIpc) is 2.89. The Labute approximate surface area is 129 Å². The van der Waals surface area contributed by atoms with Gasteiger partial charge in [0.05, 0.1) is 17.9 Å². The minimum absolute atomic E-state index is 0.0414. The van der Waals surface area contributed by atoms with Crippen LogP contribution in [-0.4, -0.2) is 20.9 Å². The molecule has 0 saturated carbocycles. The molecule has 2 aromatic rings. The number of carbonyl (C=O) groups excluding carboxylic acids is 1. The Morgan fingerprint density at radius 1 is 1.05 bits per heavy atom. The molecule has 1 heterocycles. The van der Waals surface area contributed by atoms with Crippen LogP contribution in [0, 0.1) is 0 Å². The van der Waals surface area contributed by atoms with Crippen LogP contribution in [0.4, 0.5) is 5.69 Å². The Hall–Kier alpha value is -2.18. The van der Waals surface area contributed by atoms with Gasteiger partial charge in [0, 0.05) is 5.69 Å². The first kappa shape index (κ1) is 14.7. The second kappa shape index (κ2) is 5.90. The van der Waals surface area contributed by atoms with E-state index in [4.69, 9.17) is 4.18 Å². The Kier molecular flexibility index (Phi) is 3.96. The summed E-state index contributed by atoms with van der Waals surface area (Å²) in [4.78, 5) is 11.6. The number of hydrogen-bond donors (Lipinski definition) is 1. The highest BCUT2D eigenvalue weighted by atomic mass is 32.2. The maximum Gasteiger partial charge on any atom is 0.296 e. The molecular formula is C16H15NO4S. The Morgan fingerprint density at radius 3 is 2.59 bits per heavy atom. The molecule has 0 aromatic heterocycles. The van der Waals surface area contributed by atoms with Crippen molar-refractivity contribution in [2.75, 3.05) is 11.9 Å². The van der Waals surface area contributed by atoms with Gasteiger partial charge in [0.15, 0.2) is 0 Å². The van der Waals surface area contributed by atoms with Crippen LogP contribution in [0.15, 0.2) is 53.4 Å². The Bertz CT molecular complexity index is 800. The smallest absolute Gasteiger partial charge is 0.296 e. The summed E-state index contributed by atoms with van der Waals surface area (Å²) in [5, 5.41) is 2.77. The maximum atomic E-state index is 12.0. The number of hydrogen-bond acceptors (Lipinski definition) is 4. The molecule has 5 nitrogen and oxygen atoms in total. The van der Waals surface area contributed by atoms with Gasteiger partial charge in [-0.25, -0.2) is 0 Å². The molecule has 6 heteroatoms. The van der Waals surface area contributed by atoms with E-state index >= 15 is 0 Å². The fourth-order valence-corrected chi connectivity index (χ4v) is 3.40. The highest BCUT2D eigenvalue weighted by molar-refractivity contribution is 7.86.